The molecule has 0 radical (unpaired) electrons. The molecular formula is C22H24FNO2. The lowest BCUT2D eigenvalue weighted by molar-refractivity contribution is 0.389. The fraction of sp³-hybridized carbons (Fsp3) is 0.318. The van der Waals surface area contributed by atoms with Crippen LogP contribution >= 0.6 is 0 Å². The van der Waals surface area contributed by atoms with E-state index in [-0.39, 0.29) is 22.0 Å². The maximum absolute atomic E-state index is 14.4. The van der Waals surface area contributed by atoms with E-state index in [1.807, 2.05) is 6.92 Å². The van der Waals surface area contributed by atoms with Gasteiger partial charge >= 0.3 is 0 Å². The quantitative estimate of drug-likeness (QED) is 0.683. The molecule has 26 heavy (non-hydrogen) atoms. The molecule has 0 bridgehead atoms. The van der Waals surface area contributed by atoms with Gasteiger partial charge in [0.05, 0.1) is 18.0 Å². The van der Waals surface area contributed by atoms with E-state index >= 15 is 0 Å². The highest BCUT2D eigenvalue weighted by atomic mass is 19.1. The zero-order chi connectivity index (χ0) is 19.2. The van der Waals surface area contributed by atoms with Gasteiger partial charge in [-0.05, 0) is 54.2 Å². The number of hydrogen-bond acceptors (Lipinski definition) is 2. The number of nitrogens with one attached hydrogen (secondary N) is 1. The van der Waals surface area contributed by atoms with Gasteiger partial charge in [0.15, 0.2) is 17.0 Å². The summed E-state index contributed by atoms with van der Waals surface area (Å²) in [5, 5.41) is 0.0220. The van der Waals surface area contributed by atoms with Crippen LogP contribution in [0, 0.1) is 19.7 Å². The van der Waals surface area contributed by atoms with E-state index in [2.05, 4.69) is 44.8 Å². The minimum atomic E-state index is -0.631. The predicted molar refractivity (Wildman–Crippen MR) is 105 cm³/mol. The van der Waals surface area contributed by atoms with Crippen LogP contribution in [0.25, 0.3) is 22.2 Å². The van der Waals surface area contributed by atoms with Gasteiger partial charge in [-0.1, -0.05) is 26.8 Å². The summed E-state index contributed by atoms with van der Waals surface area (Å²) in [6.45, 7) is 10.7. The van der Waals surface area contributed by atoms with Crippen LogP contribution in [0.5, 0.6) is 5.75 Å². The molecule has 0 spiro atoms. The lowest BCUT2D eigenvalue weighted by Crippen LogP contribution is -2.14. The SMILES string of the molecule is COc1ccc2[nH]c(-c3cc(C)c(C(C)(C)C)cc3C)cc(=O)c2c1F. The molecule has 0 unspecified atom stereocenters. The monoisotopic (exact) mass is 353 g/mol. The number of rotatable bonds is 2. The van der Waals surface area contributed by atoms with Gasteiger partial charge in [-0.15, -0.1) is 0 Å². The lowest BCUT2D eigenvalue weighted by Gasteiger charge is -2.23. The first-order valence-electron chi connectivity index (χ1n) is 8.65. The lowest BCUT2D eigenvalue weighted by atomic mass is 9.82. The molecule has 1 heterocycles. The molecule has 1 aromatic heterocycles. The zero-order valence-electron chi connectivity index (χ0n) is 16.1. The molecule has 3 rings (SSSR count). The van der Waals surface area contributed by atoms with Crippen molar-refractivity contribution < 1.29 is 9.13 Å². The molecule has 1 N–H and O–H groups in total. The van der Waals surface area contributed by atoms with Crippen LogP contribution < -0.4 is 10.2 Å². The third-order valence-corrected chi connectivity index (χ3v) is 4.79. The number of pyridine rings is 1. The number of H-pyrrole nitrogens is 1. The Bertz CT molecular complexity index is 1060. The largest absolute Gasteiger partial charge is 0.494 e. The molecule has 3 aromatic rings. The van der Waals surface area contributed by atoms with Crippen LogP contribution in [-0.4, -0.2) is 12.1 Å². The van der Waals surface area contributed by atoms with E-state index in [9.17, 15) is 9.18 Å². The highest BCUT2D eigenvalue weighted by Gasteiger charge is 2.19. The number of aryl methyl sites for hydroxylation is 2. The molecular weight excluding hydrogens is 329 g/mol. The Morgan fingerprint density at radius 1 is 1.04 bits per heavy atom. The molecule has 0 fully saturated rings. The fourth-order valence-electron chi connectivity index (χ4n) is 3.50. The highest BCUT2D eigenvalue weighted by molar-refractivity contribution is 5.84. The second kappa shape index (κ2) is 6.27. The summed E-state index contributed by atoms with van der Waals surface area (Å²) in [6.07, 6.45) is 0. The van der Waals surface area contributed by atoms with Crippen LogP contribution in [-0.2, 0) is 5.41 Å². The maximum atomic E-state index is 14.4. The van der Waals surface area contributed by atoms with Crippen molar-refractivity contribution in [2.45, 2.75) is 40.0 Å². The number of halogens is 1. The second-order valence-corrected chi connectivity index (χ2v) is 7.78. The van der Waals surface area contributed by atoms with E-state index in [0.717, 1.165) is 11.1 Å². The van der Waals surface area contributed by atoms with Gasteiger partial charge in [0.1, 0.15) is 0 Å². The Balaban J connectivity index is 2.24. The minimum Gasteiger partial charge on any atom is -0.494 e. The summed E-state index contributed by atoms with van der Waals surface area (Å²) in [7, 11) is 1.38. The molecule has 0 aliphatic carbocycles. The van der Waals surface area contributed by atoms with Crippen molar-refractivity contribution in [3.63, 3.8) is 0 Å². The topological polar surface area (TPSA) is 42.1 Å². The van der Waals surface area contributed by atoms with Crippen molar-refractivity contribution in [3.8, 4) is 17.0 Å². The normalized spacial score (nSPS) is 11.8. The van der Waals surface area contributed by atoms with E-state index in [1.54, 1.807) is 6.07 Å². The molecule has 0 saturated heterocycles. The first-order valence-corrected chi connectivity index (χ1v) is 8.65. The first kappa shape index (κ1) is 18.2. The molecule has 0 aliphatic heterocycles. The third-order valence-electron chi connectivity index (χ3n) is 4.79. The smallest absolute Gasteiger partial charge is 0.193 e. The summed E-state index contributed by atoms with van der Waals surface area (Å²) in [5.74, 6) is -0.564. The summed E-state index contributed by atoms with van der Waals surface area (Å²) >= 11 is 0. The van der Waals surface area contributed by atoms with Crippen molar-refractivity contribution >= 4 is 10.9 Å². The van der Waals surface area contributed by atoms with Crippen LogP contribution in [0.4, 0.5) is 4.39 Å². The molecule has 0 aliphatic rings. The van der Waals surface area contributed by atoms with Crippen molar-refractivity contribution in [2.24, 2.45) is 0 Å². The van der Waals surface area contributed by atoms with E-state index in [0.29, 0.717) is 11.2 Å². The van der Waals surface area contributed by atoms with Crippen LogP contribution in [0.15, 0.2) is 35.1 Å². The van der Waals surface area contributed by atoms with Gasteiger partial charge in [-0.2, -0.15) is 0 Å². The van der Waals surface area contributed by atoms with Crippen LogP contribution in [0.1, 0.15) is 37.5 Å². The number of aromatic amines is 1. The van der Waals surface area contributed by atoms with Gasteiger partial charge in [0, 0.05) is 17.3 Å². The number of methoxy groups -OCH3 is 1. The zero-order valence-corrected chi connectivity index (χ0v) is 16.1. The number of ether oxygens (including phenoxy) is 1. The molecule has 4 heteroatoms. The number of hydrogen-bond donors (Lipinski definition) is 1. The molecule has 0 atom stereocenters. The summed E-state index contributed by atoms with van der Waals surface area (Å²) in [4.78, 5) is 15.8. The average Bonchev–Trinajstić information content (AvgIpc) is 2.55. The van der Waals surface area contributed by atoms with Gasteiger partial charge in [0.2, 0.25) is 0 Å². The van der Waals surface area contributed by atoms with Crippen molar-refractivity contribution in [2.75, 3.05) is 7.11 Å². The number of fused-ring (bicyclic) bond motifs is 1. The Kier molecular flexibility index (Phi) is 4.39. The number of aromatic nitrogens is 1. The Morgan fingerprint density at radius 2 is 1.73 bits per heavy atom. The van der Waals surface area contributed by atoms with Gasteiger partial charge < -0.3 is 9.72 Å². The molecule has 0 amide bonds. The predicted octanol–water partition coefficient (Wildman–Crippen LogP) is 5.26. The van der Waals surface area contributed by atoms with Gasteiger partial charge in [-0.25, -0.2) is 4.39 Å². The van der Waals surface area contributed by atoms with Crippen LogP contribution in [0.2, 0.25) is 0 Å². The fourth-order valence-corrected chi connectivity index (χ4v) is 3.50. The van der Waals surface area contributed by atoms with Crippen molar-refractivity contribution in [1.29, 1.82) is 0 Å². The summed E-state index contributed by atoms with van der Waals surface area (Å²) < 4.78 is 19.4. The summed E-state index contributed by atoms with van der Waals surface area (Å²) in [5.41, 5.74) is 5.30. The van der Waals surface area contributed by atoms with E-state index < -0.39 is 5.82 Å². The Labute approximate surface area is 152 Å². The Hall–Kier alpha value is -2.62. The molecule has 3 nitrogen and oxygen atoms in total. The van der Waals surface area contributed by atoms with Crippen LogP contribution in [0.3, 0.4) is 0 Å². The summed E-state index contributed by atoms with van der Waals surface area (Å²) in [6, 6.07) is 8.92. The maximum Gasteiger partial charge on any atom is 0.193 e. The highest BCUT2D eigenvalue weighted by Crippen LogP contribution is 2.32. The van der Waals surface area contributed by atoms with Crippen molar-refractivity contribution in [3.05, 3.63) is 63.1 Å². The minimum absolute atomic E-state index is 0.0220. The molecule has 2 aromatic carbocycles. The number of benzene rings is 2. The van der Waals surface area contributed by atoms with Gasteiger partial charge in [0.25, 0.3) is 0 Å². The second-order valence-electron chi connectivity index (χ2n) is 7.78. The first-order chi connectivity index (χ1) is 12.1. The van der Waals surface area contributed by atoms with Crippen molar-refractivity contribution in [1.82, 2.24) is 4.98 Å². The Morgan fingerprint density at radius 3 is 2.35 bits per heavy atom. The standard InChI is InChI=1S/C22H24FNO2/c1-12-10-15(22(3,4)5)13(2)9-14(12)17-11-18(25)20-16(24-17)7-8-19(26-6)21(20)23/h7-11H,1-6H3,(H,24,25). The van der Waals surface area contributed by atoms with Gasteiger partial charge in [-0.3, -0.25) is 4.79 Å². The molecule has 0 saturated carbocycles. The third kappa shape index (κ3) is 3.00. The van der Waals surface area contributed by atoms with E-state index in [4.69, 9.17) is 4.74 Å². The molecule has 136 valence electrons. The average molecular weight is 353 g/mol. The van der Waals surface area contributed by atoms with E-state index in [1.165, 1.54) is 30.4 Å².